The minimum absolute atomic E-state index is 0.0252. The second-order valence-corrected chi connectivity index (χ2v) is 7.06. The summed E-state index contributed by atoms with van der Waals surface area (Å²) in [7, 11) is 0. The lowest BCUT2D eigenvalue weighted by Gasteiger charge is -2.24. The molecule has 4 rings (SSSR count). The van der Waals surface area contributed by atoms with Gasteiger partial charge in [-0.3, -0.25) is 4.98 Å². The molecule has 0 radical (unpaired) electrons. The van der Waals surface area contributed by atoms with Gasteiger partial charge in [-0.1, -0.05) is 56.3 Å². The van der Waals surface area contributed by atoms with Crippen LogP contribution in [0, 0.1) is 13.8 Å². The summed E-state index contributed by atoms with van der Waals surface area (Å²) in [6, 6.07) is 17.4. The summed E-state index contributed by atoms with van der Waals surface area (Å²) in [6.07, 6.45) is 1.95. The highest BCUT2D eigenvalue weighted by molar-refractivity contribution is 5.87. The van der Waals surface area contributed by atoms with Crippen molar-refractivity contribution < 1.29 is 0 Å². The largest absolute Gasteiger partial charge is 0.256 e. The third kappa shape index (κ3) is 1.96. The molecular weight excluding hydrogens is 278 g/mol. The summed E-state index contributed by atoms with van der Waals surface area (Å²) in [5, 5.41) is 0. The van der Waals surface area contributed by atoms with Crippen LogP contribution in [-0.4, -0.2) is 4.98 Å². The Labute approximate surface area is 138 Å². The normalized spacial score (nSPS) is 14.4. The number of pyridine rings is 1. The van der Waals surface area contributed by atoms with Crippen molar-refractivity contribution in [3.63, 3.8) is 0 Å². The van der Waals surface area contributed by atoms with Gasteiger partial charge in [0.25, 0.3) is 0 Å². The Kier molecular flexibility index (Phi) is 2.96. The van der Waals surface area contributed by atoms with Crippen molar-refractivity contribution >= 4 is 0 Å². The number of hydrogen-bond donors (Lipinski definition) is 0. The van der Waals surface area contributed by atoms with Gasteiger partial charge >= 0.3 is 0 Å². The molecule has 0 amide bonds. The van der Waals surface area contributed by atoms with Crippen LogP contribution in [0.25, 0.3) is 22.4 Å². The van der Waals surface area contributed by atoms with Crippen LogP contribution in [0.2, 0.25) is 0 Å². The Morgan fingerprint density at radius 1 is 0.826 bits per heavy atom. The van der Waals surface area contributed by atoms with E-state index >= 15 is 0 Å². The van der Waals surface area contributed by atoms with Crippen LogP contribution < -0.4 is 0 Å². The summed E-state index contributed by atoms with van der Waals surface area (Å²) >= 11 is 0. The lowest BCUT2D eigenvalue weighted by Crippen LogP contribution is -2.17. The first-order valence-corrected chi connectivity index (χ1v) is 8.17. The van der Waals surface area contributed by atoms with E-state index in [1.165, 1.54) is 38.9 Å². The molecule has 0 bridgehead atoms. The first kappa shape index (κ1) is 14.2. The van der Waals surface area contributed by atoms with Gasteiger partial charge < -0.3 is 0 Å². The quantitative estimate of drug-likeness (QED) is 0.564. The Morgan fingerprint density at radius 3 is 2.26 bits per heavy atom. The summed E-state index contributed by atoms with van der Waals surface area (Å²) in [5.41, 5.74) is 10.5. The van der Waals surface area contributed by atoms with Gasteiger partial charge in [-0.2, -0.15) is 0 Å². The van der Waals surface area contributed by atoms with Crippen LogP contribution in [0.1, 0.15) is 36.1 Å². The van der Waals surface area contributed by atoms with E-state index in [0.717, 1.165) is 5.69 Å². The number of fused-ring (bicyclic) bond motifs is 3. The third-order valence-corrected chi connectivity index (χ3v) is 5.22. The second-order valence-electron chi connectivity index (χ2n) is 7.06. The molecule has 114 valence electrons. The lowest BCUT2D eigenvalue weighted by molar-refractivity contribution is 0.658. The predicted octanol–water partition coefficient (Wildman–Crippen LogP) is 5.67. The van der Waals surface area contributed by atoms with E-state index in [2.05, 4.69) is 76.2 Å². The number of nitrogens with zero attached hydrogens (tertiary/aromatic N) is 1. The molecule has 1 aliphatic rings. The van der Waals surface area contributed by atoms with Gasteiger partial charge in [-0.15, -0.1) is 0 Å². The monoisotopic (exact) mass is 299 g/mol. The Hall–Kier alpha value is -2.41. The maximum atomic E-state index is 4.74. The molecule has 23 heavy (non-hydrogen) atoms. The van der Waals surface area contributed by atoms with Gasteiger partial charge in [0.15, 0.2) is 0 Å². The number of hydrogen-bond acceptors (Lipinski definition) is 1. The van der Waals surface area contributed by atoms with Gasteiger partial charge in [-0.05, 0) is 53.3 Å². The van der Waals surface area contributed by atoms with Gasteiger partial charge in [0.2, 0.25) is 0 Å². The summed E-state index contributed by atoms with van der Waals surface area (Å²) in [5.74, 6) is 0. The number of rotatable bonds is 1. The topological polar surface area (TPSA) is 12.9 Å². The fraction of sp³-hybridized carbons (Fsp3) is 0.227. The predicted molar refractivity (Wildman–Crippen MR) is 96.7 cm³/mol. The molecule has 1 aromatic heterocycles. The maximum Gasteiger partial charge on any atom is 0.0748 e. The van der Waals surface area contributed by atoms with Gasteiger partial charge in [-0.25, -0.2) is 0 Å². The fourth-order valence-electron chi connectivity index (χ4n) is 3.82. The molecule has 0 fully saturated rings. The van der Waals surface area contributed by atoms with Gasteiger partial charge in [0, 0.05) is 17.2 Å². The zero-order valence-electron chi connectivity index (χ0n) is 14.1. The zero-order chi connectivity index (χ0) is 16.2. The van der Waals surface area contributed by atoms with Gasteiger partial charge in [0.05, 0.1) is 5.69 Å². The Morgan fingerprint density at radius 2 is 1.52 bits per heavy atom. The van der Waals surface area contributed by atoms with Crippen molar-refractivity contribution in [2.24, 2.45) is 0 Å². The third-order valence-electron chi connectivity index (χ3n) is 5.22. The first-order valence-electron chi connectivity index (χ1n) is 8.17. The molecule has 2 aromatic carbocycles. The molecular formula is C22H21N. The average molecular weight is 299 g/mol. The Bertz CT molecular complexity index is 905. The summed E-state index contributed by atoms with van der Waals surface area (Å²) in [4.78, 5) is 4.74. The highest BCUT2D eigenvalue weighted by Gasteiger charge is 2.38. The molecule has 0 saturated heterocycles. The lowest BCUT2D eigenvalue weighted by atomic mass is 9.80. The molecule has 1 heterocycles. The minimum Gasteiger partial charge on any atom is -0.256 e. The first-order chi connectivity index (χ1) is 11.0. The van der Waals surface area contributed by atoms with Crippen LogP contribution >= 0.6 is 0 Å². The molecule has 1 heteroatoms. The van der Waals surface area contributed by atoms with Crippen LogP contribution in [0.4, 0.5) is 0 Å². The van der Waals surface area contributed by atoms with Crippen molar-refractivity contribution in [3.05, 3.63) is 77.0 Å². The van der Waals surface area contributed by atoms with E-state index in [1.807, 2.05) is 6.20 Å². The molecule has 1 nitrogen and oxygen atoms in total. The maximum absolute atomic E-state index is 4.74. The van der Waals surface area contributed by atoms with E-state index in [0.29, 0.717) is 0 Å². The summed E-state index contributed by atoms with van der Waals surface area (Å²) in [6.45, 7) is 9.03. The van der Waals surface area contributed by atoms with Crippen LogP contribution in [0.5, 0.6) is 0 Å². The molecule has 0 saturated carbocycles. The minimum atomic E-state index is -0.0252. The van der Waals surface area contributed by atoms with Crippen molar-refractivity contribution in [2.45, 2.75) is 33.1 Å². The SMILES string of the molecule is Cc1cc2c(cc1C)C(C)(C)c1c-2ccnc1-c1ccccc1. The highest BCUT2D eigenvalue weighted by Crippen LogP contribution is 2.51. The van der Waals surface area contributed by atoms with Crippen molar-refractivity contribution in [2.75, 3.05) is 0 Å². The van der Waals surface area contributed by atoms with Crippen LogP contribution in [0.15, 0.2) is 54.7 Å². The van der Waals surface area contributed by atoms with E-state index in [-0.39, 0.29) is 5.41 Å². The smallest absolute Gasteiger partial charge is 0.0748 e. The molecule has 0 unspecified atom stereocenters. The molecule has 0 spiro atoms. The van der Waals surface area contributed by atoms with Crippen molar-refractivity contribution in [1.29, 1.82) is 0 Å². The van der Waals surface area contributed by atoms with Crippen molar-refractivity contribution in [3.8, 4) is 22.4 Å². The number of benzene rings is 2. The number of aromatic nitrogens is 1. The van der Waals surface area contributed by atoms with Crippen LogP contribution in [0.3, 0.4) is 0 Å². The average Bonchev–Trinajstić information content (AvgIpc) is 2.77. The molecule has 0 aliphatic heterocycles. The standard InChI is InChI=1S/C22H21N/c1-14-12-18-17-10-11-23-21(16-8-6-5-7-9-16)20(17)22(3,4)19(18)13-15(14)2/h5-13H,1-4H3. The number of aryl methyl sites for hydroxylation is 2. The molecule has 1 aliphatic carbocycles. The fourth-order valence-corrected chi connectivity index (χ4v) is 3.82. The zero-order valence-corrected chi connectivity index (χ0v) is 14.1. The second kappa shape index (κ2) is 4.79. The molecule has 0 N–H and O–H groups in total. The van der Waals surface area contributed by atoms with E-state index in [1.54, 1.807) is 0 Å². The van der Waals surface area contributed by atoms with E-state index in [4.69, 9.17) is 4.98 Å². The van der Waals surface area contributed by atoms with E-state index < -0.39 is 0 Å². The van der Waals surface area contributed by atoms with Crippen LogP contribution in [-0.2, 0) is 5.41 Å². The van der Waals surface area contributed by atoms with Gasteiger partial charge in [0.1, 0.15) is 0 Å². The molecule has 3 aromatic rings. The van der Waals surface area contributed by atoms with Crippen molar-refractivity contribution in [1.82, 2.24) is 4.98 Å². The van der Waals surface area contributed by atoms with E-state index in [9.17, 15) is 0 Å². The Balaban J connectivity index is 2.06. The highest BCUT2D eigenvalue weighted by atomic mass is 14.7. The summed E-state index contributed by atoms with van der Waals surface area (Å²) < 4.78 is 0. The molecule has 0 atom stereocenters.